The molecule has 4 amide bonds. The largest absolute Gasteiger partial charge is 0.343 e. The van der Waals surface area contributed by atoms with Gasteiger partial charge in [0.15, 0.2) is 0 Å². The lowest BCUT2D eigenvalue weighted by molar-refractivity contribution is -0.117. The van der Waals surface area contributed by atoms with Gasteiger partial charge in [-0.3, -0.25) is 19.2 Å². The molecular weight excluding hydrogens is 420 g/mol. The fourth-order valence-corrected chi connectivity index (χ4v) is 4.26. The van der Waals surface area contributed by atoms with Gasteiger partial charge in [-0.1, -0.05) is 6.07 Å². The molecule has 0 atom stereocenters. The molecule has 2 aliphatic heterocycles. The van der Waals surface area contributed by atoms with E-state index < -0.39 is 0 Å². The number of carbonyl (C=O) groups excluding carboxylic acids is 4. The highest BCUT2D eigenvalue weighted by molar-refractivity contribution is 6.02. The van der Waals surface area contributed by atoms with Crippen LogP contribution in [0.1, 0.15) is 52.0 Å². The molecule has 2 fully saturated rings. The van der Waals surface area contributed by atoms with Crippen molar-refractivity contribution in [3.63, 3.8) is 0 Å². The van der Waals surface area contributed by atoms with Gasteiger partial charge in [0.25, 0.3) is 11.8 Å². The maximum Gasteiger partial charge on any atom is 0.254 e. The second-order valence-electron chi connectivity index (χ2n) is 8.40. The molecule has 8 nitrogen and oxygen atoms in total. The highest BCUT2D eigenvalue weighted by Gasteiger charge is 2.23. The summed E-state index contributed by atoms with van der Waals surface area (Å²) >= 11 is 0. The number of benzene rings is 2. The lowest BCUT2D eigenvalue weighted by atomic mass is 10.1. The van der Waals surface area contributed by atoms with Gasteiger partial charge < -0.3 is 20.4 Å². The van der Waals surface area contributed by atoms with Gasteiger partial charge in [-0.15, -0.1) is 0 Å². The van der Waals surface area contributed by atoms with E-state index in [1.165, 1.54) is 0 Å². The van der Waals surface area contributed by atoms with Crippen molar-refractivity contribution in [2.45, 2.75) is 32.6 Å². The van der Waals surface area contributed by atoms with E-state index in [0.717, 1.165) is 38.0 Å². The molecule has 0 unspecified atom stereocenters. The number of hydrogen-bond donors (Lipinski definition) is 2. The molecule has 0 saturated carbocycles. The zero-order valence-corrected chi connectivity index (χ0v) is 18.7. The number of rotatable bonds is 6. The molecule has 2 heterocycles. The summed E-state index contributed by atoms with van der Waals surface area (Å²) in [6.07, 6.45) is 3.41. The smallest absolute Gasteiger partial charge is 0.254 e. The number of nitrogens with one attached hydrogen (secondary N) is 2. The summed E-state index contributed by atoms with van der Waals surface area (Å²) in [7, 11) is 0. The Kier molecular flexibility index (Phi) is 6.72. The van der Waals surface area contributed by atoms with Crippen molar-refractivity contribution in [1.82, 2.24) is 10.2 Å². The third kappa shape index (κ3) is 5.05. The Morgan fingerprint density at radius 2 is 1.67 bits per heavy atom. The summed E-state index contributed by atoms with van der Waals surface area (Å²) in [6.45, 7) is 3.82. The molecule has 2 aliphatic rings. The van der Waals surface area contributed by atoms with Crippen molar-refractivity contribution in [3.8, 4) is 0 Å². The molecule has 8 heteroatoms. The standard InChI is InChI=1S/C25H28N4O4/c1-17-20(25(33)28-13-2-3-14-28)6-4-7-21(17)27-22(30)16-26-24(32)18-9-11-19(12-10-18)29-15-5-8-23(29)31/h4,6-7,9-12H,2-3,5,8,13-16H2,1H3,(H,26,32)(H,27,30). The van der Waals surface area contributed by atoms with Crippen LogP contribution in [0.15, 0.2) is 42.5 Å². The lowest BCUT2D eigenvalue weighted by Gasteiger charge is -2.18. The van der Waals surface area contributed by atoms with Crippen LogP contribution in [0, 0.1) is 6.92 Å². The second kappa shape index (κ2) is 9.85. The van der Waals surface area contributed by atoms with E-state index in [1.807, 2.05) is 11.8 Å². The maximum atomic E-state index is 12.7. The predicted molar refractivity (Wildman–Crippen MR) is 125 cm³/mol. The minimum Gasteiger partial charge on any atom is -0.343 e. The SMILES string of the molecule is Cc1c(NC(=O)CNC(=O)c2ccc(N3CCCC3=O)cc2)cccc1C(=O)N1CCCC1. The first kappa shape index (κ1) is 22.5. The van der Waals surface area contributed by atoms with Crippen LogP contribution in [0.2, 0.25) is 0 Å². The van der Waals surface area contributed by atoms with Crippen molar-refractivity contribution in [2.75, 3.05) is 36.4 Å². The zero-order chi connectivity index (χ0) is 23.4. The Labute approximate surface area is 192 Å². The monoisotopic (exact) mass is 448 g/mol. The van der Waals surface area contributed by atoms with Crippen LogP contribution in [0.4, 0.5) is 11.4 Å². The van der Waals surface area contributed by atoms with Crippen LogP contribution in [0.5, 0.6) is 0 Å². The van der Waals surface area contributed by atoms with Crippen molar-refractivity contribution >= 4 is 35.0 Å². The van der Waals surface area contributed by atoms with Crippen molar-refractivity contribution < 1.29 is 19.2 Å². The topological polar surface area (TPSA) is 98.8 Å². The van der Waals surface area contributed by atoms with Crippen molar-refractivity contribution in [1.29, 1.82) is 0 Å². The number of hydrogen-bond acceptors (Lipinski definition) is 4. The minimum absolute atomic E-state index is 0.0199. The predicted octanol–water partition coefficient (Wildman–Crippen LogP) is 2.73. The Morgan fingerprint density at radius 3 is 2.33 bits per heavy atom. The molecule has 0 radical (unpaired) electrons. The van der Waals surface area contributed by atoms with Gasteiger partial charge in [-0.05, 0) is 68.1 Å². The molecule has 0 aliphatic carbocycles. The summed E-state index contributed by atoms with van der Waals surface area (Å²) in [6, 6.07) is 12.0. The summed E-state index contributed by atoms with van der Waals surface area (Å²) in [5.74, 6) is -0.686. The molecule has 33 heavy (non-hydrogen) atoms. The lowest BCUT2D eigenvalue weighted by Crippen LogP contribution is -2.33. The first-order valence-electron chi connectivity index (χ1n) is 11.3. The molecule has 2 aromatic rings. The van der Waals surface area contributed by atoms with E-state index in [1.54, 1.807) is 47.4 Å². The number of carbonyl (C=O) groups is 4. The molecular formula is C25H28N4O4. The van der Waals surface area contributed by atoms with E-state index in [4.69, 9.17) is 0 Å². The number of nitrogens with zero attached hydrogens (tertiary/aromatic N) is 2. The van der Waals surface area contributed by atoms with Crippen molar-refractivity contribution in [2.24, 2.45) is 0 Å². The molecule has 172 valence electrons. The second-order valence-corrected chi connectivity index (χ2v) is 8.40. The van der Waals surface area contributed by atoms with E-state index in [2.05, 4.69) is 10.6 Å². The Hall–Kier alpha value is -3.68. The van der Waals surface area contributed by atoms with Gasteiger partial charge in [0, 0.05) is 48.6 Å². The summed E-state index contributed by atoms with van der Waals surface area (Å²) in [5, 5.41) is 5.40. The zero-order valence-electron chi connectivity index (χ0n) is 18.7. The molecule has 2 saturated heterocycles. The van der Waals surface area contributed by atoms with Crippen LogP contribution >= 0.6 is 0 Å². The van der Waals surface area contributed by atoms with Gasteiger partial charge in [0.2, 0.25) is 11.8 Å². The quantitative estimate of drug-likeness (QED) is 0.710. The van der Waals surface area contributed by atoms with E-state index in [-0.39, 0.29) is 30.2 Å². The highest BCUT2D eigenvalue weighted by Crippen LogP contribution is 2.23. The fraction of sp³-hybridized carbons (Fsp3) is 0.360. The summed E-state index contributed by atoms with van der Waals surface area (Å²) < 4.78 is 0. The van der Waals surface area contributed by atoms with Crippen LogP contribution < -0.4 is 15.5 Å². The third-order valence-corrected chi connectivity index (χ3v) is 6.16. The Balaban J connectivity index is 1.33. The number of anilines is 2. The average molecular weight is 449 g/mol. The molecule has 4 rings (SSSR count). The normalized spacial score (nSPS) is 15.6. The molecule has 2 aromatic carbocycles. The molecule has 0 bridgehead atoms. The van der Waals surface area contributed by atoms with Crippen LogP contribution in [0.3, 0.4) is 0 Å². The van der Waals surface area contributed by atoms with Crippen LogP contribution in [0.25, 0.3) is 0 Å². The van der Waals surface area contributed by atoms with Crippen molar-refractivity contribution in [3.05, 3.63) is 59.2 Å². The number of amides is 4. The van der Waals surface area contributed by atoms with E-state index in [0.29, 0.717) is 35.3 Å². The van der Waals surface area contributed by atoms with Gasteiger partial charge in [-0.2, -0.15) is 0 Å². The Morgan fingerprint density at radius 1 is 0.939 bits per heavy atom. The molecule has 0 aromatic heterocycles. The van der Waals surface area contributed by atoms with Gasteiger partial charge in [0.05, 0.1) is 6.54 Å². The number of likely N-dealkylation sites (tertiary alicyclic amines) is 1. The van der Waals surface area contributed by atoms with E-state index >= 15 is 0 Å². The molecule has 2 N–H and O–H groups in total. The average Bonchev–Trinajstić information content (AvgIpc) is 3.51. The van der Waals surface area contributed by atoms with Gasteiger partial charge >= 0.3 is 0 Å². The van der Waals surface area contributed by atoms with E-state index in [9.17, 15) is 19.2 Å². The minimum atomic E-state index is -0.378. The first-order chi connectivity index (χ1) is 15.9. The third-order valence-electron chi connectivity index (χ3n) is 6.16. The van der Waals surface area contributed by atoms with Gasteiger partial charge in [-0.25, -0.2) is 0 Å². The van der Waals surface area contributed by atoms with Crippen LogP contribution in [-0.4, -0.2) is 54.7 Å². The molecule has 0 spiro atoms. The summed E-state index contributed by atoms with van der Waals surface area (Å²) in [5.41, 5.74) is 3.02. The van der Waals surface area contributed by atoms with Crippen LogP contribution in [-0.2, 0) is 9.59 Å². The fourth-order valence-electron chi connectivity index (χ4n) is 4.26. The van der Waals surface area contributed by atoms with Gasteiger partial charge in [0.1, 0.15) is 0 Å². The maximum absolute atomic E-state index is 12.7. The highest BCUT2D eigenvalue weighted by atomic mass is 16.2. The Bertz CT molecular complexity index is 1070. The first-order valence-corrected chi connectivity index (χ1v) is 11.3. The summed E-state index contributed by atoms with van der Waals surface area (Å²) in [4.78, 5) is 53.0.